The maximum absolute atomic E-state index is 10.8. The summed E-state index contributed by atoms with van der Waals surface area (Å²) in [4.78, 5) is 10.8. The lowest BCUT2D eigenvalue weighted by atomic mass is 10.2. The molecule has 0 fully saturated rings. The van der Waals surface area contributed by atoms with E-state index < -0.39 is 5.97 Å². The largest absolute Gasteiger partial charge is 0.465 e. The van der Waals surface area contributed by atoms with Crippen LogP contribution in [0.25, 0.3) is 0 Å². The van der Waals surface area contributed by atoms with Gasteiger partial charge in [0, 0.05) is 6.21 Å². The molecular formula is C7H11NO2. The second-order valence-corrected chi connectivity index (χ2v) is 2.05. The SMILES string of the molecule is COC(=O)C(C=N)=C(C)C. The number of rotatable bonds is 2. The minimum atomic E-state index is -0.449. The Hall–Kier alpha value is -1.12. The second kappa shape index (κ2) is 3.82. The van der Waals surface area contributed by atoms with E-state index in [2.05, 4.69) is 4.74 Å². The molecule has 0 atom stereocenters. The summed E-state index contributed by atoms with van der Waals surface area (Å²) >= 11 is 0. The van der Waals surface area contributed by atoms with Crippen molar-refractivity contribution in [3.8, 4) is 0 Å². The molecule has 0 unspecified atom stereocenters. The molecule has 56 valence electrons. The number of methoxy groups -OCH3 is 1. The van der Waals surface area contributed by atoms with Crippen LogP contribution in [-0.2, 0) is 9.53 Å². The van der Waals surface area contributed by atoms with Crippen LogP contribution in [0.1, 0.15) is 13.8 Å². The molecule has 10 heavy (non-hydrogen) atoms. The van der Waals surface area contributed by atoms with Crippen molar-refractivity contribution < 1.29 is 9.53 Å². The van der Waals surface area contributed by atoms with Crippen molar-refractivity contribution in [2.24, 2.45) is 0 Å². The number of nitrogens with one attached hydrogen (secondary N) is 1. The van der Waals surface area contributed by atoms with Crippen molar-refractivity contribution in [3.05, 3.63) is 11.1 Å². The molecular weight excluding hydrogens is 130 g/mol. The van der Waals surface area contributed by atoms with Gasteiger partial charge in [-0.3, -0.25) is 0 Å². The summed E-state index contributed by atoms with van der Waals surface area (Å²) in [6.45, 7) is 3.52. The third kappa shape index (κ3) is 2.01. The van der Waals surface area contributed by atoms with E-state index in [0.717, 1.165) is 11.8 Å². The van der Waals surface area contributed by atoms with Crippen LogP contribution in [-0.4, -0.2) is 19.3 Å². The van der Waals surface area contributed by atoms with Crippen molar-refractivity contribution in [2.45, 2.75) is 13.8 Å². The minimum Gasteiger partial charge on any atom is -0.465 e. The van der Waals surface area contributed by atoms with E-state index in [1.807, 2.05) is 0 Å². The quantitative estimate of drug-likeness (QED) is 0.356. The van der Waals surface area contributed by atoms with Gasteiger partial charge in [0.2, 0.25) is 0 Å². The van der Waals surface area contributed by atoms with Crippen LogP contribution >= 0.6 is 0 Å². The van der Waals surface area contributed by atoms with Gasteiger partial charge in [-0.1, -0.05) is 5.57 Å². The fraction of sp³-hybridized carbons (Fsp3) is 0.429. The molecule has 0 aromatic carbocycles. The van der Waals surface area contributed by atoms with Crippen molar-refractivity contribution in [1.82, 2.24) is 0 Å². The van der Waals surface area contributed by atoms with Gasteiger partial charge in [0.15, 0.2) is 0 Å². The molecule has 0 bridgehead atoms. The Morgan fingerprint density at radius 2 is 2.00 bits per heavy atom. The van der Waals surface area contributed by atoms with E-state index in [1.54, 1.807) is 13.8 Å². The highest BCUT2D eigenvalue weighted by Crippen LogP contribution is 2.01. The molecule has 3 heteroatoms. The Morgan fingerprint density at radius 1 is 1.50 bits per heavy atom. The maximum Gasteiger partial charge on any atom is 0.339 e. The Kier molecular flexibility index (Phi) is 3.39. The van der Waals surface area contributed by atoms with E-state index in [-0.39, 0.29) is 0 Å². The number of hydrogen-bond donors (Lipinski definition) is 1. The van der Waals surface area contributed by atoms with Gasteiger partial charge in [-0.05, 0) is 13.8 Å². The zero-order valence-corrected chi connectivity index (χ0v) is 6.39. The molecule has 1 N–H and O–H groups in total. The third-order valence-electron chi connectivity index (χ3n) is 1.09. The molecule has 0 aromatic rings. The van der Waals surface area contributed by atoms with E-state index in [0.29, 0.717) is 5.57 Å². The van der Waals surface area contributed by atoms with E-state index >= 15 is 0 Å². The number of carbonyl (C=O) groups is 1. The number of ether oxygens (including phenoxy) is 1. The maximum atomic E-state index is 10.8. The predicted molar refractivity (Wildman–Crippen MR) is 39.2 cm³/mol. The monoisotopic (exact) mass is 141 g/mol. The minimum absolute atomic E-state index is 0.322. The lowest BCUT2D eigenvalue weighted by Crippen LogP contribution is -2.06. The van der Waals surface area contributed by atoms with Crippen LogP contribution in [0.15, 0.2) is 11.1 Å². The average molecular weight is 141 g/mol. The highest BCUT2D eigenvalue weighted by Gasteiger charge is 2.06. The molecule has 0 saturated carbocycles. The van der Waals surface area contributed by atoms with E-state index in [4.69, 9.17) is 5.41 Å². The summed E-state index contributed by atoms with van der Waals surface area (Å²) in [5, 5.41) is 6.84. The second-order valence-electron chi connectivity index (χ2n) is 2.05. The molecule has 0 aromatic heterocycles. The van der Waals surface area contributed by atoms with Crippen molar-refractivity contribution in [3.63, 3.8) is 0 Å². The molecule has 0 aliphatic rings. The predicted octanol–water partition coefficient (Wildman–Crippen LogP) is 1.15. The normalized spacial score (nSPS) is 8.30. The zero-order valence-electron chi connectivity index (χ0n) is 6.39. The van der Waals surface area contributed by atoms with Crippen molar-refractivity contribution >= 4 is 12.2 Å². The summed E-state index contributed by atoms with van der Waals surface area (Å²) in [7, 11) is 1.30. The van der Waals surface area contributed by atoms with Gasteiger partial charge in [-0.25, -0.2) is 4.79 Å². The fourth-order valence-electron chi connectivity index (χ4n) is 0.517. The van der Waals surface area contributed by atoms with Crippen LogP contribution in [0.5, 0.6) is 0 Å². The van der Waals surface area contributed by atoms with Gasteiger partial charge in [-0.2, -0.15) is 0 Å². The lowest BCUT2D eigenvalue weighted by molar-refractivity contribution is -0.135. The molecule has 0 heterocycles. The molecule has 3 nitrogen and oxygen atoms in total. The number of carbonyl (C=O) groups excluding carboxylic acids is 1. The first-order chi connectivity index (χ1) is 4.63. The van der Waals surface area contributed by atoms with Crippen LogP contribution in [0.2, 0.25) is 0 Å². The van der Waals surface area contributed by atoms with Gasteiger partial charge >= 0.3 is 5.97 Å². The topological polar surface area (TPSA) is 50.2 Å². The Bertz CT molecular complexity index is 178. The summed E-state index contributed by atoms with van der Waals surface area (Å²) in [5.41, 5.74) is 1.12. The molecule has 0 aliphatic carbocycles. The van der Waals surface area contributed by atoms with Crippen LogP contribution in [0.4, 0.5) is 0 Å². The third-order valence-corrected chi connectivity index (χ3v) is 1.09. The Labute approximate surface area is 60.2 Å². The van der Waals surface area contributed by atoms with Gasteiger partial charge in [0.05, 0.1) is 12.7 Å². The first kappa shape index (κ1) is 8.88. The van der Waals surface area contributed by atoms with Crippen LogP contribution < -0.4 is 0 Å². The van der Waals surface area contributed by atoms with Gasteiger partial charge < -0.3 is 10.1 Å². The van der Waals surface area contributed by atoms with Crippen molar-refractivity contribution in [1.29, 1.82) is 5.41 Å². The molecule has 0 saturated heterocycles. The number of hydrogen-bond acceptors (Lipinski definition) is 3. The van der Waals surface area contributed by atoms with Gasteiger partial charge in [-0.15, -0.1) is 0 Å². The summed E-state index contributed by atoms with van der Waals surface area (Å²) in [5.74, 6) is -0.449. The first-order valence-electron chi connectivity index (χ1n) is 2.89. The molecule has 0 amide bonds. The Balaban J connectivity index is 4.53. The molecule has 0 rings (SSSR count). The molecule has 0 radical (unpaired) electrons. The summed E-state index contributed by atoms with van der Waals surface area (Å²) in [6, 6.07) is 0. The zero-order chi connectivity index (χ0) is 8.15. The highest BCUT2D eigenvalue weighted by molar-refractivity contribution is 6.09. The smallest absolute Gasteiger partial charge is 0.339 e. The summed E-state index contributed by atoms with van der Waals surface area (Å²) in [6.07, 6.45) is 1.00. The van der Waals surface area contributed by atoms with Gasteiger partial charge in [0.25, 0.3) is 0 Å². The van der Waals surface area contributed by atoms with E-state index in [1.165, 1.54) is 7.11 Å². The van der Waals surface area contributed by atoms with E-state index in [9.17, 15) is 4.79 Å². The fourth-order valence-corrected chi connectivity index (χ4v) is 0.517. The highest BCUT2D eigenvalue weighted by atomic mass is 16.5. The molecule has 0 aliphatic heterocycles. The van der Waals surface area contributed by atoms with Crippen LogP contribution in [0.3, 0.4) is 0 Å². The number of allylic oxidation sites excluding steroid dienone is 1. The number of esters is 1. The first-order valence-corrected chi connectivity index (χ1v) is 2.89. The van der Waals surface area contributed by atoms with Crippen molar-refractivity contribution in [2.75, 3.05) is 7.11 Å². The van der Waals surface area contributed by atoms with Gasteiger partial charge in [0.1, 0.15) is 0 Å². The molecule has 0 spiro atoms. The average Bonchev–Trinajstić information content (AvgIpc) is 1.88. The summed E-state index contributed by atoms with van der Waals surface area (Å²) < 4.78 is 4.42. The van der Waals surface area contributed by atoms with Crippen LogP contribution in [0, 0.1) is 5.41 Å². The Morgan fingerprint density at radius 3 is 2.10 bits per heavy atom. The standard InChI is InChI=1S/C7H11NO2/c1-5(2)6(4-8)7(9)10-3/h4,8H,1-3H3. The lowest BCUT2D eigenvalue weighted by Gasteiger charge is -1.99.